The predicted molar refractivity (Wildman–Crippen MR) is 172 cm³/mol. The van der Waals surface area contributed by atoms with Crippen molar-refractivity contribution in [3.05, 3.63) is 159 Å². The summed E-state index contributed by atoms with van der Waals surface area (Å²) in [6.45, 7) is 0.350. The quantitative estimate of drug-likeness (QED) is 0.199. The first kappa shape index (κ1) is 27.9. The Kier molecular flexibility index (Phi) is 8.03. The Balaban J connectivity index is 1.35. The third kappa shape index (κ3) is 6.20. The van der Waals surface area contributed by atoms with E-state index in [1.54, 1.807) is 54.1 Å². The number of rotatable bonds is 8. The van der Waals surface area contributed by atoms with E-state index < -0.39 is 0 Å². The van der Waals surface area contributed by atoms with Crippen LogP contribution in [0.3, 0.4) is 0 Å². The van der Waals surface area contributed by atoms with Crippen LogP contribution >= 0.6 is 11.6 Å². The van der Waals surface area contributed by atoms with Gasteiger partial charge in [-0.3, -0.25) is 14.2 Å². The molecule has 0 aliphatic heterocycles. The Morgan fingerprint density at radius 2 is 1.49 bits per heavy atom. The maximum Gasteiger partial charge on any atom is 0.261 e. The van der Waals surface area contributed by atoms with Crippen LogP contribution in [-0.4, -0.2) is 22.6 Å². The Labute approximate surface area is 254 Å². The molecular formula is C36H28ClN3O3. The second-order valence-corrected chi connectivity index (χ2v) is 10.6. The molecule has 1 amide bonds. The lowest BCUT2D eigenvalue weighted by Crippen LogP contribution is -2.26. The van der Waals surface area contributed by atoms with Gasteiger partial charge < -0.3 is 10.1 Å². The molecule has 0 radical (unpaired) electrons. The fourth-order valence-electron chi connectivity index (χ4n) is 5.03. The molecule has 0 unspecified atom stereocenters. The van der Waals surface area contributed by atoms with Gasteiger partial charge in [0, 0.05) is 12.1 Å². The van der Waals surface area contributed by atoms with Crippen molar-refractivity contribution in [2.24, 2.45) is 0 Å². The van der Waals surface area contributed by atoms with Crippen molar-refractivity contribution < 1.29 is 9.53 Å². The van der Waals surface area contributed by atoms with Gasteiger partial charge in [0.15, 0.2) is 0 Å². The molecule has 0 fully saturated rings. The van der Waals surface area contributed by atoms with E-state index in [0.29, 0.717) is 46.0 Å². The summed E-state index contributed by atoms with van der Waals surface area (Å²) in [4.78, 5) is 31.8. The summed E-state index contributed by atoms with van der Waals surface area (Å²) in [6, 6.07) is 38.1. The number of ether oxygens (including phenoxy) is 1. The van der Waals surface area contributed by atoms with Crippen molar-refractivity contribution in [3.63, 3.8) is 0 Å². The zero-order valence-corrected chi connectivity index (χ0v) is 24.2. The fraction of sp³-hybridized carbons (Fsp3) is 0.0833. The number of nitrogens with one attached hydrogen (secondary N) is 1. The number of hydrogen-bond donors (Lipinski definition) is 1. The molecule has 1 heterocycles. The standard InChI is InChI=1S/C36H28ClN3O3/c1-43-29-18-15-27(16-19-29)26-13-11-25(12-14-26)23-40-34(21-24-7-3-2-4-8-24)39-33-20-17-28(22-31(33)36(40)42)38-35(41)30-9-5-6-10-32(30)37/h2-20,22H,21,23H2,1H3,(H,38,41). The molecule has 0 bridgehead atoms. The highest BCUT2D eigenvalue weighted by molar-refractivity contribution is 6.34. The Morgan fingerprint density at radius 3 is 2.19 bits per heavy atom. The van der Waals surface area contributed by atoms with Gasteiger partial charge >= 0.3 is 0 Å². The van der Waals surface area contributed by atoms with Crippen LogP contribution in [0.25, 0.3) is 22.0 Å². The maximum atomic E-state index is 14.0. The summed E-state index contributed by atoms with van der Waals surface area (Å²) in [6.07, 6.45) is 0.501. The lowest BCUT2D eigenvalue weighted by molar-refractivity contribution is 0.102. The number of carbonyl (C=O) groups is 1. The van der Waals surface area contributed by atoms with Gasteiger partial charge in [0.2, 0.25) is 0 Å². The molecule has 212 valence electrons. The summed E-state index contributed by atoms with van der Waals surface area (Å²) < 4.78 is 6.99. The number of hydrogen-bond acceptors (Lipinski definition) is 4. The van der Waals surface area contributed by atoms with E-state index in [9.17, 15) is 9.59 Å². The summed E-state index contributed by atoms with van der Waals surface area (Å²) in [5, 5.41) is 3.64. The third-order valence-electron chi connectivity index (χ3n) is 7.33. The van der Waals surface area contributed by atoms with E-state index in [4.69, 9.17) is 21.3 Å². The summed E-state index contributed by atoms with van der Waals surface area (Å²) >= 11 is 6.21. The number of halogens is 1. The monoisotopic (exact) mass is 585 g/mol. The second kappa shape index (κ2) is 12.3. The van der Waals surface area contributed by atoms with E-state index in [1.165, 1.54) is 0 Å². The molecule has 1 aromatic heterocycles. The van der Waals surface area contributed by atoms with Crippen LogP contribution in [0.5, 0.6) is 5.75 Å². The van der Waals surface area contributed by atoms with Crippen molar-refractivity contribution >= 4 is 34.1 Å². The van der Waals surface area contributed by atoms with Gasteiger partial charge in [0.1, 0.15) is 11.6 Å². The second-order valence-electron chi connectivity index (χ2n) is 10.2. The van der Waals surface area contributed by atoms with E-state index in [0.717, 1.165) is 28.0 Å². The fourth-order valence-corrected chi connectivity index (χ4v) is 5.26. The molecule has 0 aliphatic carbocycles. The van der Waals surface area contributed by atoms with Gasteiger partial charge in [0.25, 0.3) is 11.5 Å². The molecule has 6 rings (SSSR count). The smallest absolute Gasteiger partial charge is 0.261 e. The summed E-state index contributed by atoms with van der Waals surface area (Å²) in [5.74, 6) is 1.12. The highest BCUT2D eigenvalue weighted by Crippen LogP contribution is 2.24. The van der Waals surface area contributed by atoms with Crippen molar-refractivity contribution in [2.45, 2.75) is 13.0 Å². The van der Waals surface area contributed by atoms with Crippen LogP contribution < -0.4 is 15.6 Å². The van der Waals surface area contributed by atoms with Crippen molar-refractivity contribution in [2.75, 3.05) is 12.4 Å². The number of nitrogens with zero attached hydrogens (tertiary/aromatic N) is 2. The number of carbonyl (C=O) groups excluding carboxylic acids is 1. The van der Waals surface area contributed by atoms with Gasteiger partial charge in [-0.15, -0.1) is 0 Å². The normalized spacial score (nSPS) is 10.9. The summed E-state index contributed by atoms with van der Waals surface area (Å²) in [7, 11) is 1.65. The molecule has 5 aromatic carbocycles. The van der Waals surface area contributed by atoms with Crippen molar-refractivity contribution in [3.8, 4) is 16.9 Å². The molecule has 7 heteroatoms. The molecule has 6 aromatic rings. The molecular weight excluding hydrogens is 558 g/mol. The van der Waals surface area contributed by atoms with Gasteiger partial charge in [-0.1, -0.05) is 90.5 Å². The number of amides is 1. The van der Waals surface area contributed by atoms with Crippen molar-refractivity contribution in [1.29, 1.82) is 0 Å². The minimum Gasteiger partial charge on any atom is -0.497 e. The third-order valence-corrected chi connectivity index (χ3v) is 7.66. The molecule has 0 spiro atoms. The zero-order valence-electron chi connectivity index (χ0n) is 23.5. The number of methoxy groups -OCH3 is 1. The SMILES string of the molecule is COc1ccc(-c2ccc(Cn3c(Cc4ccccc4)nc4ccc(NC(=O)c5ccccc5Cl)cc4c3=O)cc2)cc1. The first-order valence-corrected chi connectivity index (χ1v) is 14.2. The van der Waals surface area contributed by atoms with Crippen LogP contribution in [0.4, 0.5) is 5.69 Å². The van der Waals surface area contributed by atoms with Crippen LogP contribution in [0.15, 0.2) is 126 Å². The average Bonchev–Trinajstić information content (AvgIpc) is 3.04. The minimum atomic E-state index is -0.351. The topological polar surface area (TPSA) is 73.2 Å². The number of benzene rings is 5. The molecule has 0 atom stereocenters. The highest BCUT2D eigenvalue weighted by Gasteiger charge is 2.15. The average molecular weight is 586 g/mol. The van der Waals surface area contributed by atoms with Crippen LogP contribution in [-0.2, 0) is 13.0 Å². The molecule has 0 aliphatic rings. The van der Waals surface area contributed by atoms with Gasteiger partial charge in [-0.25, -0.2) is 4.98 Å². The first-order chi connectivity index (χ1) is 21.0. The lowest BCUT2D eigenvalue weighted by atomic mass is 10.0. The summed E-state index contributed by atoms with van der Waals surface area (Å²) in [5.41, 5.74) is 5.41. The largest absolute Gasteiger partial charge is 0.497 e. The number of fused-ring (bicyclic) bond motifs is 1. The molecule has 6 nitrogen and oxygen atoms in total. The van der Waals surface area contributed by atoms with E-state index in [2.05, 4.69) is 17.4 Å². The molecule has 1 N–H and O–H groups in total. The van der Waals surface area contributed by atoms with E-state index in [-0.39, 0.29) is 11.5 Å². The molecule has 0 saturated carbocycles. The number of anilines is 1. The Bertz CT molecular complexity index is 1970. The number of aromatic nitrogens is 2. The lowest BCUT2D eigenvalue weighted by Gasteiger charge is -2.15. The van der Waals surface area contributed by atoms with E-state index >= 15 is 0 Å². The Hall–Kier alpha value is -5.20. The van der Waals surface area contributed by atoms with Gasteiger partial charge in [0.05, 0.1) is 35.1 Å². The van der Waals surface area contributed by atoms with Gasteiger partial charge in [-0.2, -0.15) is 0 Å². The van der Waals surface area contributed by atoms with E-state index in [1.807, 2.05) is 66.7 Å². The zero-order chi connectivity index (χ0) is 29.8. The maximum absolute atomic E-state index is 14.0. The molecule has 0 saturated heterocycles. The Morgan fingerprint density at radius 1 is 0.814 bits per heavy atom. The highest BCUT2D eigenvalue weighted by atomic mass is 35.5. The van der Waals surface area contributed by atoms with Crippen molar-refractivity contribution in [1.82, 2.24) is 9.55 Å². The van der Waals surface area contributed by atoms with Gasteiger partial charge in [-0.05, 0) is 64.7 Å². The predicted octanol–water partition coefficient (Wildman–Crippen LogP) is 7.62. The minimum absolute atomic E-state index is 0.177. The van der Waals surface area contributed by atoms with Crippen LogP contribution in [0, 0.1) is 0 Å². The molecule has 43 heavy (non-hydrogen) atoms. The van der Waals surface area contributed by atoms with Crippen LogP contribution in [0.2, 0.25) is 5.02 Å². The van der Waals surface area contributed by atoms with Crippen LogP contribution in [0.1, 0.15) is 27.3 Å². The first-order valence-electron chi connectivity index (χ1n) is 13.8.